The van der Waals surface area contributed by atoms with Crippen LogP contribution in [0, 0.1) is 0 Å². The normalized spacial score (nSPS) is 22.2. The molecule has 1 fully saturated rings. The molecule has 4 heteroatoms. The Hall–Kier alpha value is -0.280. The van der Waals surface area contributed by atoms with Crippen LogP contribution >= 0.6 is 23.2 Å². The highest BCUT2D eigenvalue weighted by atomic mass is 35.5. The van der Waals surface area contributed by atoms with Gasteiger partial charge in [0.25, 0.3) is 0 Å². The van der Waals surface area contributed by atoms with Gasteiger partial charge < -0.3 is 4.84 Å². The number of rotatable bonds is 1. The smallest absolute Gasteiger partial charge is 0.0701 e. The largest absolute Gasteiger partial charge is 0.301 e. The van der Waals surface area contributed by atoms with E-state index in [1.165, 1.54) is 0 Å². The molecule has 1 aliphatic heterocycles. The third kappa shape index (κ3) is 1.81. The Morgan fingerprint density at radius 2 is 2.23 bits per heavy atom. The van der Waals surface area contributed by atoms with Gasteiger partial charge in [-0.3, -0.25) is 0 Å². The van der Waals surface area contributed by atoms with Crippen molar-refractivity contribution in [1.82, 2.24) is 5.48 Å². The van der Waals surface area contributed by atoms with Crippen LogP contribution in [0.4, 0.5) is 0 Å². The van der Waals surface area contributed by atoms with Crippen molar-refractivity contribution in [3.8, 4) is 0 Å². The molecule has 1 aliphatic rings. The molecular formula is C9H9Cl2NO. The number of nitrogens with one attached hydrogen (secondary N) is 1. The van der Waals surface area contributed by atoms with E-state index < -0.39 is 0 Å². The standard InChI is InChI=1S/C9H9Cl2NO/c10-7-3-1-2-6(9(7)11)8-4-5-13-12-8/h1-3,8,12H,4-5H2. The maximum absolute atomic E-state index is 6.05. The predicted octanol–water partition coefficient (Wildman–Crippen LogP) is 2.96. The van der Waals surface area contributed by atoms with Crippen LogP contribution in [-0.4, -0.2) is 6.61 Å². The first-order valence-electron chi connectivity index (χ1n) is 4.10. The van der Waals surface area contributed by atoms with Crippen LogP contribution in [0.1, 0.15) is 18.0 Å². The molecule has 0 saturated carbocycles. The van der Waals surface area contributed by atoms with Gasteiger partial charge in [-0.25, -0.2) is 0 Å². The molecular weight excluding hydrogens is 209 g/mol. The fraction of sp³-hybridized carbons (Fsp3) is 0.333. The molecule has 0 spiro atoms. The average molecular weight is 218 g/mol. The summed E-state index contributed by atoms with van der Waals surface area (Å²) in [6, 6.07) is 5.80. The highest BCUT2D eigenvalue weighted by Crippen LogP contribution is 2.32. The van der Waals surface area contributed by atoms with Gasteiger partial charge in [0.1, 0.15) is 0 Å². The van der Waals surface area contributed by atoms with Crippen LogP contribution < -0.4 is 5.48 Å². The molecule has 0 aliphatic carbocycles. The lowest BCUT2D eigenvalue weighted by Crippen LogP contribution is -2.11. The summed E-state index contributed by atoms with van der Waals surface area (Å²) in [6.45, 7) is 0.716. The number of hydroxylamine groups is 1. The van der Waals surface area contributed by atoms with E-state index in [4.69, 9.17) is 28.0 Å². The minimum atomic E-state index is 0.172. The first-order chi connectivity index (χ1) is 6.29. The Morgan fingerprint density at radius 1 is 1.38 bits per heavy atom. The van der Waals surface area contributed by atoms with E-state index in [9.17, 15) is 0 Å². The molecule has 70 valence electrons. The summed E-state index contributed by atoms with van der Waals surface area (Å²) >= 11 is 11.9. The number of halogens is 2. The SMILES string of the molecule is Clc1cccc(C2CCON2)c1Cl. The van der Waals surface area contributed by atoms with Crippen molar-refractivity contribution in [1.29, 1.82) is 0 Å². The van der Waals surface area contributed by atoms with Crippen molar-refractivity contribution in [2.45, 2.75) is 12.5 Å². The second-order valence-electron chi connectivity index (χ2n) is 2.95. The van der Waals surface area contributed by atoms with Gasteiger partial charge in [0.2, 0.25) is 0 Å². The highest BCUT2D eigenvalue weighted by molar-refractivity contribution is 6.42. The Kier molecular flexibility index (Phi) is 2.74. The lowest BCUT2D eigenvalue weighted by molar-refractivity contribution is 0.0883. The maximum Gasteiger partial charge on any atom is 0.0701 e. The minimum absolute atomic E-state index is 0.172. The van der Waals surface area contributed by atoms with Gasteiger partial charge in [-0.1, -0.05) is 35.3 Å². The molecule has 1 aromatic carbocycles. The Bertz CT molecular complexity index is 310. The predicted molar refractivity (Wildman–Crippen MR) is 52.9 cm³/mol. The lowest BCUT2D eigenvalue weighted by Gasteiger charge is -2.11. The van der Waals surface area contributed by atoms with Gasteiger partial charge in [0.05, 0.1) is 22.7 Å². The van der Waals surface area contributed by atoms with Gasteiger partial charge in [0, 0.05) is 0 Å². The molecule has 2 nitrogen and oxygen atoms in total. The van der Waals surface area contributed by atoms with Gasteiger partial charge in [0.15, 0.2) is 0 Å². The average Bonchev–Trinajstić information content (AvgIpc) is 2.62. The quantitative estimate of drug-likeness (QED) is 0.782. The Morgan fingerprint density at radius 3 is 2.92 bits per heavy atom. The molecule has 1 saturated heterocycles. The fourth-order valence-corrected chi connectivity index (χ4v) is 1.84. The second kappa shape index (κ2) is 3.84. The van der Waals surface area contributed by atoms with Crippen molar-refractivity contribution >= 4 is 23.2 Å². The van der Waals surface area contributed by atoms with Crippen LogP contribution in [-0.2, 0) is 4.84 Å². The van der Waals surface area contributed by atoms with Crippen LogP contribution in [0.5, 0.6) is 0 Å². The lowest BCUT2D eigenvalue weighted by atomic mass is 10.1. The zero-order valence-electron chi connectivity index (χ0n) is 6.89. The Balaban J connectivity index is 2.33. The monoisotopic (exact) mass is 217 g/mol. The molecule has 0 aromatic heterocycles. The van der Waals surface area contributed by atoms with Crippen molar-refractivity contribution < 1.29 is 4.84 Å². The van der Waals surface area contributed by atoms with Crippen LogP contribution in [0.25, 0.3) is 0 Å². The van der Waals surface area contributed by atoms with Crippen LogP contribution in [0.3, 0.4) is 0 Å². The van der Waals surface area contributed by atoms with Crippen LogP contribution in [0.2, 0.25) is 10.0 Å². The summed E-state index contributed by atoms with van der Waals surface area (Å²) in [5.74, 6) is 0. The zero-order chi connectivity index (χ0) is 9.26. The fourth-order valence-electron chi connectivity index (χ4n) is 1.40. The van der Waals surface area contributed by atoms with E-state index in [0.717, 1.165) is 12.0 Å². The molecule has 0 radical (unpaired) electrons. The third-order valence-corrected chi connectivity index (χ3v) is 2.92. The Labute approximate surface area is 86.7 Å². The summed E-state index contributed by atoms with van der Waals surface area (Å²) in [5, 5.41) is 1.21. The number of hydrogen-bond acceptors (Lipinski definition) is 2. The molecule has 1 atom stereocenters. The summed E-state index contributed by atoms with van der Waals surface area (Å²) in [7, 11) is 0. The third-order valence-electron chi connectivity index (χ3n) is 2.09. The molecule has 1 unspecified atom stereocenters. The molecule has 1 N–H and O–H groups in total. The van der Waals surface area contributed by atoms with E-state index in [1.54, 1.807) is 6.07 Å². The number of benzene rings is 1. The van der Waals surface area contributed by atoms with E-state index in [-0.39, 0.29) is 6.04 Å². The highest BCUT2D eigenvalue weighted by Gasteiger charge is 2.20. The first kappa shape index (κ1) is 9.28. The topological polar surface area (TPSA) is 21.3 Å². The van der Waals surface area contributed by atoms with E-state index in [0.29, 0.717) is 16.7 Å². The molecule has 1 aromatic rings. The summed E-state index contributed by atoms with van der Waals surface area (Å²) in [5.41, 5.74) is 3.90. The molecule has 1 heterocycles. The van der Waals surface area contributed by atoms with Gasteiger partial charge >= 0.3 is 0 Å². The van der Waals surface area contributed by atoms with E-state index in [2.05, 4.69) is 5.48 Å². The summed E-state index contributed by atoms with van der Waals surface area (Å²) in [6.07, 6.45) is 0.931. The maximum atomic E-state index is 6.05. The van der Waals surface area contributed by atoms with Crippen LogP contribution in [0.15, 0.2) is 18.2 Å². The van der Waals surface area contributed by atoms with E-state index in [1.807, 2.05) is 12.1 Å². The van der Waals surface area contributed by atoms with Gasteiger partial charge in [-0.15, -0.1) is 0 Å². The first-order valence-corrected chi connectivity index (χ1v) is 4.86. The summed E-state index contributed by atoms with van der Waals surface area (Å²) < 4.78 is 0. The molecule has 13 heavy (non-hydrogen) atoms. The zero-order valence-corrected chi connectivity index (χ0v) is 8.40. The van der Waals surface area contributed by atoms with Crippen molar-refractivity contribution in [2.75, 3.05) is 6.61 Å². The van der Waals surface area contributed by atoms with Crippen molar-refractivity contribution in [3.63, 3.8) is 0 Å². The van der Waals surface area contributed by atoms with Gasteiger partial charge in [-0.2, -0.15) is 5.48 Å². The minimum Gasteiger partial charge on any atom is -0.301 e. The number of hydrogen-bond donors (Lipinski definition) is 1. The van der Waals surface area contributed by atoms with Gasteiger partial charge in [-0.05, 0) is 18.1 Å². The molecule has 0 amide bonds. The van der Waals surface area contributed by atoms with Crippen molar-refractivity contribution in [3.05, 3.63) is 33.8 Å². The van der Waals surface area contributed by atoms with Crippen molar-refractivity contribution in [2.24, 2.45) is 0 Å². The molecule has 0 bridgehead atoms. The molecule has 2 rings (SSSR count). The second-order valence-corrected chi connectivity index (χ2v) is 3.74. The van der Waals surface area contributed by atoms with E-state index >= 15 is 0 Å². The summed E-state index contributed by atoms with van der Waals surface area (Å²) in [4.78, 5) is 5.05.